The van der Waals surface area contributed by atoms with Crippen LogP contribution in [-0.2, 0) is 11.2 Å². The van der Waals surface area contributed by atoms with Gasteiger partial charge in [0.05, 0.1) is 5.97 Å². The van der Waals surface area contributed by atoms with Crippen molar-refractivity contribution >= 4 is 23.6 Å². The Morgan fingerprint density at radius 2 is 1.88 bits per heavy atom. The van der Waals surface area contributed by atoms with Gasteiger partial charge in [0.2, 0.25) is 6.10 Å². The summed E-state index contributed by atoms with van der Waals surface area (Å²) >= 11 is 6.23. The lowest BCUT2D eigenvalue weighted by Gasteiger charge is -2.29. The van der Waals surface area contributed by atoms with Crippen molar-refractivity contribution in [3.8, 4) is 5.75 Å². The minimum atomic E-state index is -4.87. The number of aliphatic carboxylic acids is 1. The van der Waals surface area contributed by atoms with Gasteiger partial charge in [0.15, 0.2) is 0 Å². The van der Waals surface area contributed by atoms with Crippen molar-refractivity contribution in [2.75, 3.05) is 0 Å². The van der Waals surface area contributed by atoms with Gasteiger partial charge >= 0.3 is 6.18 Å². The van der Waals surface area contributed by atoms with Crippen molar-refractivity contribution in [1.29, 1.82) is 0 Å². The van der Waals surface area contributed by atoms with Crippen LogP contribution in [0.4, 0.5) is 13.2 Å². The minimum absolute atomic E-state index is 0.0659. The summed E-state index contributed by atoms with van der Waals surface area (Å²) in [5.74, 6) is -2.00. The first-order valence-electron chi connectivity index (χ1n) is 7.69. The second kappa shape index (κ2) is 6.68. The molecule has 0 aromatic heterocycles. The Hall–Kier alpha value is -2.47. The fraction of sp³-hybridized carbons (Fsp3) is 0.211. The molecular weight excluding hydrogens is 369 g/mol. The van der Waals surface area contributed by atoms with Gasteiger partial charge in [0.25, 0.3) is 0 Å². The van der Waals surface area contributed by atoms with E-state index in [4.69, 9.17) is 16.3 Å². The summed E-state index contributed by atoms with van der Waals surface area (Å²) < 4.78 is 44.3. The van der Waals surface area contributed by atoms with Crippen LogP contribution in [0.5, 0.6) is 5.75 Å². The van der Waals surface area contributed by atoms with Crippen molar-refractivity contribution in [3.05, 3.63) is 69.2 Å². The zero-order valence-corrected chi connectivity index (χ0v) is 14.3. The number of carbonyl (C=O) groups excluding carboxylic acids is 1. The average Bonchev–Trinajstić information content (AvgIpc) is 2.55. The Morgan fingerprint density at radius 3 is 2.46 bits per heavy atom. The van der Waals surface area contributed by atoms with Gasteiger partial charge in [0, 0.05) is 16.2 Å². The molecule has 1 aliphatic rings. The number of ether oxygens (including phenoxy) is 1. The highest BCUT2D eigenvalue weighted by molar-refractivity contribution is 6.31. The maximum absolute atomic E-state index is 13.1. The van der Waals surface area contributed by atoms with Gasteiger partial charge in [-0.1, -0.05) is 41.4 Å². The highest BCUT2D eigenvalue weighted by Gasteiger charge is 2.46. The van der Waals surface area contributed by atoms with Crippen molar-refractivity contribution in [1.82, 2.24) is 0 Å². The molecule has 2 aromatic rings. The van der Waals surface area contributed by atoms with E-state index >= 15 is 0 Å². The van der Waals surface area contributed by atoms with Crippen LogP contribution in [-0.4, -0.2) is 18.2 Å². The third-order valence-corrected chi connectivity index (χ3v) is 4.42. The number of hydrogen-bond acceptors (Lipinski definition) is 3. The number of hydrogen-bond donors (Lipinski definition) is 0. The SMILES string of the molecule is Cc1ccc(Cc2cc3c(cc2Cl)C=C(C(=O)[O-])[C@H](C(F)(F)F)O3)cc1. The minimum Gasteiger partial charge on any atom is -0.545 e. The first-order valence-corrected chi connectivity index (χ1v) is 8.07. The topological polar surface area (TPSA) is 49.4 Å². The van der Waals surface area contributed by atoms with Crippen LogP contribution in [0.2, 0.25) is 5.02 Å². The normalized spacial score (nSPS) is 16.5. The van der Waals surface area contributed by atoms with Crippen LogP contribution in [0.3, 0.4) is 0 Å². The molecule has 0 aliphatic carbocycles. The highest BCUT2D eigenvalue weighted by atomic mass is 35.5. The maximum atomic E-state index is 13.1. The third-order valence-electron chi connectivity index (χ3n) is 4.07. The van der Waals surface area contributed by atoms with Gasteiger partial charge in [-0.3, -0.25) is 0 Å². The lowest BCUT2D eigenvalue weighted by Crippen LogP contribution is -2.44. The molecule has 7 heteroatoms. The number of alkyl halides is 3. The summed E-state index contributed by atoms with van der Waals surface area (Å²) in [7, 11) is 0. The average molecular weight is 382 g/mol. The Labute approximate surface area is 152 Å². The lowest BCUT2D eigenvalue weighted by molar-refractivity contribution is -0.302. The van der Waals surface area contributed by atoms with E-state index in [1.807, 2.05) is 31.2 Å². The zero-order chi connectivity index (χ0) is 19.1. The summed E-state index contributed by atoms with van der Waals surface area (Å²) in [5, 5.41) is 11.4. The smallest absolute Gasteiger partial charge is 0.429 e. The summed E-state index contributed by atoms with van der Waals surface area (Å²) in [5.41, 5.74) is 1.79. The first-order chi connectivity index (χ1) is 12.1. The van der Waals surface area contributed by atoms with Crippen molar-refractivity contribution in [2.45, 2.75) is 25.6 Å². The summed E-state index contributed by atoms with van der Waals surface area (Å²) in [6.45, 7) is 1.95. The first kappa shape index (κ1) is 18.3. The molecule has 0 bridgehead atoms. The molecule has 0 radical (unpaired) electrons. The molecule has 1 heterocycles. The van der Waals surface area contributed by atoms with E-state index in [9.17, 15) is 23.1 Å². The quantitative estimate of drug-likeness (QED) is 0.814. The number of halogens is 4. The predicted molar refractivity (Wildman–Crippen MR) is 88.9 cm³/mol. The molecule has 1 aliphatic heterocycles. The molecule has 0 unspecified atom stereocenters. The number of fused-ring (bicyclic) bond motifs is 1. The summed E-state index contributed by atoms with van der Waals surface area (Å²) in [6.07, 6.45) is -6.15. The van der Waals surface area contributed by atoms with Crippen LogP contribution in [0.25, 0.3) is 6.08 Å². The molecule has 136 valence electrons. The molecule has 0 spiro atoms. The molecule has 3 nitrogen and oxygen atoms in total. The van der Waals surface area contributed by atoms with E-state index < -0.39 is 23.8 Å². The van der Waals surface area contributed by atoms with Crippen LogP contribution < -0.4 is 9.84 Å². The number of carbonyl (C=O) groups is 1. The Kier molecular flexibility index (Phi) is 4.71. The fourth-order valence-corrected chi connectivity index (χ4v) is 2.97. The molecule has 1 atom stereocenters. The maximum Gasteiger partial charge on any atom is 0.429 e. The zero-order valence-electron chi connectivity index (χ0n) is 13.6. The van der Waals surface area contributed by atoms with Gasteiger partial charge in [-0.15, -0.1) is 0 Å². The van der Waals surface area contributed by atoms with E-state index in [2.05, 4.69) is 0 Å². The van der Waals surface area contributed by atoms with E-state index in [-0.39, 0.29) is 11.3 Å². The fourth-order valence-electron chi connectivity index (χ4n) is 2.73. The lowest BCUT2D eigenvalue weighted by atomic mass is 9.97. The Bertz CT molecular complexity index is 886. The number of rotatable bonds is 3. The van der Waals surface area contributed by atoms with Gasteiger partial charge in [0.1, 0.15) is 5.75 Å². The second-order valence-corrected chi connectivity index (χ2v) is 6.48. The summed E-state index contributed by atoms with van der Waals surface area (Å²) in [6, 6.07) is 10.5. The van der Waals surface area contributed by atoms with Gasteiger partial charge in [-0.05, 0) is 42.7 Å². The molecule has 2 aromatic carbocycles. The van der Waals surface area contributed by atoms with Crippen molar-refractivity contribution in [2.24, 2.45) is 0 Å². The van der Waals surface area contributed by atoms with Crippen LogP contribution in [0, 0.1) is 6.92 Å². The molecule has 0 fully saturated rings. The predicted octanol–water partition coefficient (Wildman–Crippen LogP) is 3.70. The van der Waals surface area contributed by atoms with Crippen LogP contribution >= 0.6 is 11.6 Å². The van der Waals surface area contributed by atoms with Crippen LogP contribution in [0.15, 0.2) is 42.0 Å². The molecule has 26 heavy (non-hydrogen) atoms. The largest absolute Gasteiger partial charge is 0.545 e. The molecule has 0 saturated heterocycles. The summed E-state index contributed by atoms with van der Waals surface area (Å²) in [4.78, 5) is 11.0. The van der Waals surface area contributed by atoms with E-state index in [1.165, 1.54) is 12.1 Å². The van der Waals surface area contributed by atoms with Crippen molar-refractivity contribution < 1.29 is 27.8 Å². The molecule has 0 N–H and O–H groups in total. The van der Waals surface area contributed by atoms with Gasteiger partial charge < -0.3 is 14.6 Å². The molecule has 3 rings (SSSR count). The standard InChI is InChI=1S/C19H14ClF3O3/c1-10-2-4-11(5-3-10)6-12-9-16-13(8-15(12)20)7-14(18(24)25)17(26-16)19(21,22)23/h2-5,7-9,17H,6H2,1H3,(H,24,25)/p-1/t17-/m1/s1. The Morgan fingerprint density at radius 1 is 1.23 bits per heavy atom. The molecule has 0 saturated carbocycles. The molecule has 0 amide bonds. The van der Waals surface area contributed by atoms with E-state index in [1.54, 1.807) is 0 Å². The number of benzene rings is 2. The number of carboxylic acid groups (broad SMARTS) is 1. The third kappa shape index (κ3) is 3.70. The number of carboxylic acids is 1. The van der Waals surface area contributed by atoms with E-state index in [0.29, 0.717) is 17.0 Å². The molecular formula is C19H13ClF3O3-. The van der Waals surface area contributed by atoms with Crippen LogP contribution in [0.1, 0.15) is 22.3 Å². The van der Waals surface area contributed by atoms with E-state index in [0.717, 1.165) is 17.2 Å². The van der Waals surface area contributed by atoms with Gasteiger partial charge in [-0.2, -0.15) is 13.2 Å². The monoisotopic (exact) mass is 381 g/mol. The number of aryl methyl sites for hydroxylation is 1. The second-order valence-electron chi connectivity index (χ2n) is 6.07. The van der Waals surface area contributed by atoms with Gasteiger partial charge in [-0.25, -0.2) is 0 Å². The Balaban J connectivity index is 2.00. The van der Waals surface area contributed by atoms with Crippen molar-refractivity contribution in [3.63, 3.8) is 0 Å². The highest BCUT2D eigenvalue weighted by Crippen LogP contribution is 2.39.